The van der Waals surface area contributed by atoms with Crippen molar-refractivity contribution in [1.29, 1.82) is 0 Å². The predicted molar refractivity (Wildman–Crippen MR) is 70.1 cm³/mol. The standard InChI is InChI=1S/C13H26ClNO/c1-11(7-8-16-2)15-10-13-6-4-3-5-12(13)9-14/h11-13,15H,3-10H2,1-2H3. The SMILES string of the molecule is COCCC(C)NCC1CCCCC1CCl. The highest BCUT2D eigenvalue weighted by molar-refractivity contribution is 6.18. The van der Waals surface area contributed by atoms with Crippen LogP contribution in [0.1, 0.15) is 39.0 Å². The summed E-state index contributed by atoms with van der Waals surface area (Å²) >= 11 is 6.03. The molecular weight excluding hydrogens is 222 g/mol. The van der Waals surface area contributed by atoms with E-state index in [9.17, 15) is 0 Å². The van der Waals surface area contributed by atoms with Gasteiger partial charge in [0.05, 0.1) is 0 Å². The van der Waals surface area contributed by atoms with E-state index in [0.717, 1.165) is 37.3 Å². The van der Waals surface area contributed by atoms with Crippen LogP contribution in [-0.2, 0) is 4.74 Å². The molecule has 0 heterocycles. The number of methoxy groups -OCH3 is 1. The Morgan fingerprint density at radius 1 is 1.31 bits per heavy atom. The summed E-state index contributed by atoms with van der Waals surface area (Å²) in [6.07, 6.45) is 6.51. The van der Waals surface area contributed by atoms with Gasteiger partial charge >= 0.3 is 0 Å². The van der Waals surface area contributed by atoms with E-state index in [1.54, 1.807) is 7.11 Å². The fourth-order valence-electron chi connectivity index (χ4n) is 2.51. The van der Waals surface area contributed by atoms with Crippen LogP contribution in [0, 0.1) is 11.8 Å². The molecule has 1 rings (SSSR count). The smallest absolute Gasteiger partial charge is 0.0476 e. The molecule has 0 amide bonds. The second kappa shape index (κ2) is 8.32. The molecule has 0 aromatic rings. The lowest BCUT2D eigenvalue weighted by Crippen LogP contribution is -2.36. The van der Waals surface area contributed by atoms with E-state index in [2.05, 4.69) is 12.2 Å². The molecule has 3 heteroatoms. The van der Waals surface area contributed by atoms with E-state index in [4.69, 9.17) is 16.3 Å². The molecular formula is C13H26ClNO. The van der Waals surface area contributed by atoms with Crippen LogP contribution in [0.25, 0.3) is 0 Å². The fourth-order valence-corrected chi connectivity index (χ4v) is 2.91. The Labute approximate surface area is 105 Å². The van der Waals surface area contributed by atoms with Crippen LogP contribution in [0.3, 0.4) is 0 Å². The highest BCUT2D eigenvalue weighted by atomic mass is 35.5. The summed E-state index contributed by atoms with van der Waals surface area (Å²) in [4.78, 5) is 0. The highest BCUT2D eigenvalue weighted by Crippen LogP contribution is 2.30. The minimum atomic E-state index is 0.554. The van der Waals surface area contributed by atoms with Gasteiger partial charge in [-0.25, -0.2) is 0 Å². The van der Waals surface area contributed by atoms with Crippen molar-refractivity contribution in [2.75, 3.05) is 26.1 Å². The van der Waals surface area contributed by atoms with Gasteiger partial charge in [0.15, 0.2) is 0 Å². The normalized spacial score (nSPS) is 27.9. The fraction of sp³-hybridized carbons (Fsp3) is 1.00. The van der Waals surface area contributed by atoms with Gasteiger partial charge in [0.1, 0.15) is 0 Å². The number of ether oxygens (including phenoxy) is 1. The number of hydrogen-bond donors (Lipinski definition) is 1. The van der Waals surface area contributed by atoms with Gasteiger partial charge in [0, 0.05) is 25.6 Å². The second-order valence-electron chi connectivity index (χ2n) is 5.05. The molecule has 2 nitrogen and oxygen atoms in total. The van der Waals surface area contributed by atoms with Crippen molar-refractivity contribution in [3.05, 3.63) is 0 Å². The van der Waals surface area contributed by atoms with E-state index in [-0.39, 0.29) is 0 Å². The van der Waals surface area contributed by atoms with Crippen LogP contribution in [0.2, 0.25) is 0 Å². The lowest BCUT2D eigenvalue weighted by molar-refractivity contribution is 0.180. The van der Waals surface area contributed by atoms with E-state index in [1.807, 2.05) is 0 Å². The second-order valence-corrected chi connectivity index (χ2v) is 5.36. The lowest BCUT2D eigenvalue weighted by atomic mass is 9.80. The molecule has 0 radical (unpaired) electrons. The molecule has 16 heavy (non-hydrogen) atoms. The molecule has 0 saturated heterocycles. The maximum atomic E-state index is 6.03. The van der Waals surface area contributed by atoms with Crippen molar-refractivity contribution in [2.45, 2.75) is 45.1 Å². The summed E-state index contributed by atoms with van der Waals surface area (Å²) < 4.78 is 5.09. The first-order chi connectivity index (χ1) is 7.77. The van der Waals surface area contributed by atoms with E-state index < -0.39 is 0 Å². The van der Waals surface area contributed by atoms with Crippen molar-refractivity contribution in [3.63, 3.8) is 0 Å². The van der Waals surface area contributed by atoms with Crippen molar-refractivity contribution in [1.82, 2.24) is 5.32 Å². The zero-order valence-electron chi connectivity index (χ0n) is 10.7. The minimum absolute atomic E-state index is 0.554. The Morgan fingerprint density at radius 2 is 2.00 bits per heavy atom. The average molecular weight is 248 g/mol. The summed E-state index contributed by atoms with van der Waals surface area (Å²) in [5.74, 6) is 2.35. The Balaban J connectivity index is 2.18. The molecule has 96 valence electrons. The van der Waals surface area contributed by atoms with Crippen molar-refractivity contribution in [3.8, 4) is 0 Å². The summed E-state index contributed by atoms with van der Waals surface area (Å²) in [6.45, 7) is 4.21. The number of alkyl halides is 1. The number of nitrogens with one attached hydrogen (secondary N) is 1. The first-order valence-corrected chi connectivity index (χ1v) is 7.09. The molecule has 3 unspecified atom stereocenters. The van der Waals surface area contributed by atoms with Crippen LogP contribution < -0.4 is 5.32 Å². The Morgan fingerprint density at radius 3 is 2.62 bits per heavy atom. The van der Waals surface area contributed by atoms with Crippen molar-refractivity contribution >= 4 is 11.6 Å². The molecule has 3 atom stereocenters. The van der Waals surface area contributed by atoms with Gasteiger partial charge in [-0.15, -0.1) is 11.6 Å². The minimum Gasteiger partial charge on any atom is -0.385 e. The van der Waals surface area contributed by atoms with Gasteiger partial charge < -0.3 is 10.1 Å². The third-order valence-electron chi connectivity index (χ3n) is 3.75. The molecule has 0 aromatic carbocycles. The summed E-state index contributed by atoms with van der Waals surface area (Å²) in [5, 5.41) is 3.61. The Hall–Kier alpha value is 0.210. The van der Waals surface area contributed by atoms with Gasteiger partial charge in [0.25, 0.3) is 0 Å². The predicted octanol–water partition coefficient (Wildman–Crippen LogP) is 3.05. The number of hydrogen-bond acceptors (Lipinski definition) is 2. The van der Waals surface area contributed by atoms with E-state index in [0.29, 0.717) is 6.04 Å². The van der Waals surface area contributed by atoms with Crippen molar-refractivity contribution in [2.24, 2.45) is 11.8 Å². The monoisotopic (exact) mass is 247 g/mol. The van der Waals surface area contributed by atoms with Gasteiger partial charge in [-0.1, -0.05) is 12.8 Å². The summed E-state index contributed by atoms with van der Waals surface area (Å²) in [5.41, 5.74) is 0. The maximum absolute atomic E-state index is 6.03. The Kier molecular flexibility index (Phi) is 7.42. The van der Waals surface area contributed by atoms with Crippen LogP contribution >= 0.6 is 11.6 Å². The molecule has 0 bridgehead atoms. The largest absolute Gasteiger partial charge is 0.385 e. The topological polar surface area (TPSA) is 21.3 Å². The van der Waals surface area contributed by atoms with Gasteiger partial charge in [0.2, 0.25) is 0 Å². The van der Waals surface area contributed by atoms with Crippen LogP contribution in [0.5, 0.6) is 0 Å². The van der Waals surface area contributed by atoms with Crippen molar-refractivity contribution < 1.29 is 4.74 Å². The van der Waals surface area contributed by atoms with E-state index >= 15 is 0 Å². The molecule has 1 aliphatic carbocycles. The Bertz CT molecular complexity index is 177. The van der Waals surface area contributed by atoms with Gasteiger partial charge in [-0.2, -0.15) is 0 Å². The average Bonchev–Trinajstić information content (AvgIpc) is 2.34. The van der Waals surface area contributed by atoms with Crippen LogP contribution in [0.4, 0.5) is 0 Å². The first kappa shape index (κ1) is 14.3. The molecule has 1 aliphatic rings. The van der Waals surface area contributed by atoms with Crippen LogP contribution in [-0.4, -0.2) is 32.2 Å². The first-order valence-electron chi connectivity index (χ1n) is 6.56. The van der Waals surface area contributed by atoms with Gasteiger partial charge in [-0.05, 0) is 44.6 Å². The quantitative estimate of drug-likeness (QED) is 0.699. The number of halogens is 1. The van der Waals surface area contributed by atoms with Gasteiger partial charge in [-0.3, -0.25) is 0 Å². The molecule has 0 aliphatic heterocycles. The third-order valence-corrected chi connectivity index (χ3v) is 4.14. The molecule has 0 aromatic heterocycles. The zero-order chi connectivity index (χ0) is 11.8. The summed E-state index contributed by atoms with van der Waals surface area (Å²) in [6, 6.07) is 0.554. The summed E-state index contributed by atoms with van der Waals surface area (Å²) in [7, 11) is 1.76. The lowest BCUT2D eigenvalue weighted by Gasteiger charge is -2.31. The molecule has 1 saturated carbocycles. The molecule has 1 N–H and O–H groups in total. The maximum Gasteiger partial charge on any atom is 0.0476 e. The zero-order valence-corrected chi connectivity index (χ0v) is 11.4. The molecule has 0 spiro atoms. The van der Waals surface area contributed by atoms with Crippen LogP contribution in [0.15, 0.2) is 0 Å². The highest BCUT2D eigenvalue weighted by Gasteiger charge is 2.24. The number of rotatable bonds is 7. The third kappa shape index (κ3) is 5.03. The van der Waals surface area contributed by atoms with E-state index in [1.165, 1.54) is 25.7 Å². The molecule has 1 fully saturated rings.